The van der Waals surface area contributed by atoms with Crippen LogP contribution in [-0.2, 0) is 15.1 Å². The number of nitrogens with zero attached hydrogens (tertiary/aromatic N) is 1. The lowest BCUT2D eigenvalue weighted by Gasteiger charge is -2.38. The maximum Gasteiger partial charge on any atom is 0.388 e. The fourth-order valence-electron chi connectivity index (χ4n) is 2.63. The first kappa shape index (κ1) is 16.8. The molecule has 1 atom stereocenters. The SMILES string of the molecule is O=C1COC[C@@](c2ccc(OC(F)F)nc2)(c2cccc(Br)c2)N1. The van der Waals surface area contributed by atoms with Gasteiger partial charge in [0.2, 0.25) is 11.8 Å². The molecule has 1 aromatic heterocycles. The number of aromatic nitrogens is 1. The molecular formula is C16H13BrF2N2O3. The zero-order valence-corrected chi connectivity index (χ0v) is 13.9. The molecule has 5 nitrogen and oxygen atoms in total. The average Bonchev–Trinajstić information content (AvgIpc) is 2.55. The zero-order chi connectivity index (χ0) is 17.2. The number of ether oxygens (including phenoxy) is 2. The van der Waals surface area contributed by atoms with Crippen molar-refractivity contribution >= 4 is 21.8 Å². The quantitative estimate of drug-likeness (QED) is 0.859. The lowest BCUT2D eigenvalue weighted by Crippen LogP contribution is -2.55. The van der Waals surface area contributed by atoms with Crippen LogP contribution < -0.4 is 10.1 Å². The molecule has 1 aromatic carbocycles. The summed E-state index contributed by atoms with van der Waals surface area (Å²) in [5.41, 5.74) is 0.444. The van der Waals surface area contributed by atoms with E-state index in [1.807, 2.05) is 24.3 Å². The van der Waals surface area contributed by atoms with Crippen LogP contribution >= 0.6 is 15.9 Å². The van der Waals surface area contributed by atoms with E-state index in [9.17, 15) is 13.6 Å². The predicted octanol–water partition coefficient (Wildman–Crippen LogP) is 2.84. The van der Waals surface area contributed by atoms with Gasteiger partial charge in [0.1, 0.15) is 12.1 Å². The normalized spacial score (nSPS) is 20.8. The Hall–Kier alpha value is -2.06. The number of hydrogen-bond acceptors (Lipinski definition) is 4. The number of pyridine rings is 1. The largest absolute Gasteiger partial charge is 0.417 e. The Balaban J connectivity index is 2.03. The topological polar surface area (TPSA) is 60.5 Å². The van der Waals surface area contributed by atoms with Crippen LogP contribution in [0.4, 0.5) is 8.78 Å². The Morgan fingerprint density at radius 2 is 2.12 bits per heavy atom. The lowest BCUT2D eigenvalue weighted by atomic mass is 9.83. The highest BCUT2D eigenvalue weighted by Gasteiger charge is 2.40. The molecular weight excluding hydrogens is 386 g/mol. The third kappa shape index (κ3) is 3.39. The van der Waals surface area contributed by atoms with Gasteiger partial charge >= 0.3 is 6.61 Å². The molecule has 3 rings (SSSR count). The highest BCUT2D eigenvalue weighted by Crippen LogP contribution is 2.33. The van der Waals surface area contributed by atoms with E-state index in [4.69, 9.17) is 4.74 Å². The van der Waals surface area contributed by atoms with Crippen molar-refractivity contribution in [2.24, 2.45) is 0 Å². The number of morpholine rings is 1. The van der Waals surface area contributed by atoms with Crippen molar-refractivity contribution in [2.75, 3.05) is 13.2 Å². The van der Waals surface area contributed by atoms with Gasteiger partial charge in [0.15, 0.2) is 0 Å². The van der Waals surface area contributed by atoms with E-state index in [0.29, 0.717) is 5.56 Å². The van der Waals surface area contributed by atoms with Gasteiger partial charge in [-0.15, -0.1) is 0 Å². The molecule has 2 aromatic rings. The molecule has 0 unspecified atom stereocenters. The van der Waals surface area contributed by atoms with E-state index in [0.717, 1.165) is 10.0 Å². The molecule has 1 aliphatic heterocycles. The van der Waals surface area contributed by atoms with Crippen LogP contribution in [0.1, 0.15) is 11.1 Å². The molecule has 0 spiro atoms. The van der Waals surface area contributed by atoms with Gasteiger partial charge in [-0.1, -0.05) is 28.1 Å². The summed E-state index contributed by atoms with van der Waals surface area (Å²) in [7, 11) is 0. The zero-order valence-electron chi connectivity index (χ0n) is 12.3. The van der Waals surface area contributed by atoms with Crippen molar-refractivity contribution in [1.29, 1.82) is 0 Å². The van der Waals surface area contributed by atoms with Crippen LogP contribution in [0.25, 0.3) is 0 Å². The van der Waals surface area contributed by atoms with Crippen molar-refractivity contribution < 1.29 is 23.0 Å². The molecule has 8 heteroatoms. The van der Waals surface area contributed by atoms with Gasteiger partial charge in [0, 0.05) is 22.3 Å². The molecule has 1 saturated heterocycles. The third-order valence-corrected chi connectivity index (χ3v) is 4.15. The summed E-state index contributed by atoms with van der Waals surface area (Å²) in [6.45, 7) is -2.78. The Labute approximate surface area is 145 Å². The summed E-state index contributed by atoms with van der Waals surface area (Å²) in [5, 5.41) is 2.94. The molecule has 126 valence electrons. The number of carbonyl (C=O) groups excluding carboxylic acids is 1. The van der Waals surface area contributed by atoms with Gasteiger partial charge in [-0.05, 0) is 23.8 Å². The summed E-state index contributed by atoms with van der Waals surface area (Å²) in [6.07, 6.45) is 1.40. The molecule has 1 N–H and O–H groups in total. The van der Waals surface area contributed by atoms with Crippen LogP contribution in [0.5, 0.6) is 5.88 Å². The number of rotatable bonds is 4. The van der Waals surface area contributed by atoms with Gasteiger partial charge in [-0.2, -0.15) is 8.78 Å². The molecule has 2 heterocycles. The second-order valence-electron chi connectivity index (χ2n) is 5.22. The fraction of sp³-hybridized carbons (Fsp3) is 0.250. The first-order valence-corrected chi connectivity index (χ1v) is 7.85. The Kier molecular flexibility index (Phi) is 4.77. The monoisotopic (exact) mass is 398 g/mol. The number of halogens is 3. The summed E-state index contributed by atoms with van der Waals surface area (Å²) in [5.74, 6) is -0.463. The summed E-state index contributed by atoms with van der Waals surface area (Å²) >= 11 is 3.41. The number of hydrogen-bond donors (Lipinski definition) is 1. The van der Waals surface area contributed by atoms with Crippen LogP contribution in [0.15, 0.2) is 47.1 Å². The second kappa shape index (κ2) is 6.82. The van der Waals surface area contributed by atoms with Crippen molar-refractivity contribution in [3.05, 3.63) is 58.2 Å². The van der Waals surface area contributed by atoms with Crippen LogP contribution in [0, 0.1) is 0 Å². The minimum absolute atomic E-state index is 0.0320. The Morgan fingerprint density at radius 1 is 1.29 bits per heavy atom. The van der Waals surface area contributed by atoms with Crippen LogP contribution in [0.2, 0.25) is 0 Å². The molecule has 0 radical (unpaired) electrons. The average molecular weight is 399 g/mol. The number of benzene rings is 1. The van der Waals surface area contributed by atoms with E-state index in [-0.39, 0.29) is 25.0 Å². The van der Waals surface area contributed by atoms with Crippen molar-refractivity contribution in [3.8, 4) is 5.88 Å². The van der Waals surface area contributed by atoms with Crippen molar-refractivity contribution in [1.82, 2.24) is 10.3 Å². The van der Waals surface area contributed by atoms with Gasteiger partial charge < -0.3 is 14.8 Å². The van der Waals surface area contributed by atoms with E-state index < -0.39 is 12.2 Å². The summed E-state index contributed by atoms with van der Waals surface area (Å²) in [6, 6.07) is 10.3. The van der Waals surface area contributed by atoms with E-state index in [1.54, 1.807) is 6.07 Å². The number of carbonyl (C=O) groups is 1. The number of nitrogens with one attached hydrogen (secondary N) is 1. The van der Waals surface area contributed by atoms with Crippen molar-refractivity contribution in [2.45, 2.75) is 12.2 Å². The number of amides is 1. The highest BCUT2D eigenvalue weighted by atomic mass is 79.9. The molecule has 1 fully saturated rings. The summed E-state index contributed by atoms with van der Waals surface area (Å²) < 4.78 is 35.1. The molecule has 1 aliphatic rings. The highest BCUT2D eigenvalue weighted by molar-refractivity contribution is 9.10. The smallest absolute Gasteiger partial charge is 0.388 e. The first-order chi connectivity index (χ1) is 11.5. The van der Waals surface area contributed by atoms with Gasteiger partial charge in [-0.3, -0.25) is 4.79 Å². The maximum atomic E-state index is 12.3. The minimum atomic E-state index is -2.94. The van der Waals surface area contributed by atoms with E-state index >= 15 is 0 Å². The van der Waals surface area contributed by atoms with Gasteiger partial charge in [0.05, 0.1) is 6.61 Å². The van der Waals surface area contributed by atoms with Crippen molar-refractivity contribution in [3.63, 3.8) is 0 Å². The fourth-order valence-corrected chi connectivity index (χ4v) is 3.03. The van der Waals surface area contributed by atoms with Gasteiger partial charge in [0.25, 0.3) is 0 Å². The predicted molar refractivity (Wildman–Crippen MR) is 84.8 cm³/mol. The molecule has 0 saturated carbocycles. The molecule has 0 aliphatic carbocycles. The summed E-state index contributed by atoms with van der Waals surface area (Å²) in [4.78, 5) is 15.8. The van der Waals surface area contributed by atoms with E-state index in [1.165, 1.54) is 12.3 Å². The molecule has 1 amide bonds. The number of alkyl halides is 2. The van der Waals surface area contributed by atoms with Crippen LogP contribution in [0.3, 0.4) is 0 Å². The first-order valence-electron chi connectivity index (χ1n) is 7.06. The minimum Gasteiger partial charge on any atom is -0.417 e. The van der Waals surface area contributed by atoms with Crippen LogP contribution in [-0.4, -0.2) is 30.7 Å². The van der Waals surface area contributed by atoms with E-state index in [2.05, 4.69) is 31.0 Å². The van der Waals surface area contributed by atoms with Gasteiger partial charge in [-0.25, -0.2) is 4.98 Å². The molecule has 24 heavy (non-hydrogen) atoms. The Morgan fingerprint density at radius 3 is 2.75 bits per heavy atom. The maximum absolute atomic E-state index is 12.3. The standard InChI is InChI=1S/C16H13BrF2N2O3/c17-12-3-1-2-10(6-12)16(9-23-8-13(22)21-16)11-4-5-14(20-7-11)24-15(18)19/h1-7,15H,8-9H2,(H,21,22)/t16-/m0/s1. The molecule has 0 bridgehead atoms. The second-order valence-corrected chi connectivity index (χ2v) is 6.14. The lowest BCUT2D eigenvalue weighted by molar-refractivity contribution is -0.134. The Bertz CT molecular complexity index is 742. The third-order valence-electron chi connectivity index (χ3n) is 3.66.